The number of hydrogen-bond donors (Lipinski definition) is 2. The van der Waals surface area contributed by atoms with Crippen LogP contribution in [0.3, 0.4) is 0 Å². The normalized spacial score (nSPS) is 42.9. The van der Waals surface area contributed by atoms with Crippen LogP contribution in [0.15, 0.2) is 24.3 Å². The molecule has 1 aromatic rings. The van der Waals surface area contributed by atoms with E-state index in [0.717, 1.165) is 43.9 Å². The average molecular weight is 414 g/mol. The molecule has 2 N–H and O–H groups in total. The van der Waals surface area contributed by atoms with Crippen molar-refractivity contribution in [2.45, 2.75) is 56.5 Å². The zero-order valence-corrected chi connectivity index (χ0v) is 17.5. The third-order valence-corrected chi connectivity index (χ3v) is 9.01. The van der Waals surface area contributed by atoms with Gasteiger partial charge in [-0.2, -0.15) is 0 Å². The fourth-order valence-corrected chi connectivity index (χ4v) is 8.11. The van der Waals surface area contributed by atoms with Gasteiger partial charge in [-0.15, -0.1) is 0 Å². The monoisotopic (exact) mass is 413 g/mol. The van der Waals surface area contributed by atoms with Crippen molar-refractivity contribution in [3.8, 4) is 0 Å². The van der Waals surface area contributed by atoms with Crippen LogP contribution in [0.2, 0.25) is 0 Å². The SMILES string of the molecule is O=C1C[C@@H]([NH+]2CC[NH+](C34CC5CC(CC(C5)C3)C4)CC2)C(=O)N1c1ccc(F)cc1. The molecular formula is C24H32FN3O2+2. The van der Waals surface area contributed by atoms with E-state index in [4.69, 9.17) is 0 Å². The summed E-state index contributed by atoms with van der Waals surface area (Å²) in [7, 11) is 0. The molecule has 0 unspecified atom stereocenters. The highest BCUT2D eigenvalue weighted by atomic mass is 19.1. The quantitative estimate of drug-likeness (QED) is 0.696. The Morgan fingerprint density at radius 2 is 1.43 bits per heavy atom. The molecule has 4 bridgehead atoms. The van der Waals surface area contributed by atoms with Crippen LogP contribution in [0.4, 0.5) is 10.1 Å². The number of benzene rings is 1. The maximum absolute atomic E-state index is 13.2. The third-order valence-electron chi connectivity index (χ3n) is 9.01. The van der Waals surface area contributed by atoms with E-state index in [1.165, 1.54) is 72.6 Å². The number of nitrogens with one attached hydrogen (secondary N) is 2. The summed E-state index contributed by atoms with van der Waals surface area (Å²) in [6.45, 7) is 4.18. The molecule has 0 radical (unpaired) electrons. The minimum Gasteiger partial charge on any atom is -0.321 e. The van der Waals surface area contributed by atoms with Crippen molar-refractivity contribution in [2.24, 2.45) is 17.8 Å². The van der Waals surface area contributed by atoms with Gasteiger partial charge in [-0.25, -0.2) is 9.29 Å². The minimum atomic E-state index is -0.358. The van der Waals surface area contributed by atoms with Gasteiger partial charge in [0.05, 0.1) is 17.6 Å². The molecule has 1 atom stereocenters. The summed E-state index contributed by atoms with van der Waals surface area (Å²) < 4.78 is 13.2. The van der Waals surface area contributed by atoms with Crippen molar-refractivity contribution in [1.29, 1.82) is 0 Å². The summed E-state index contributed by atoms with van der Waals surface area (Å²) in [5.41, 5.74) is 1.00. The van der Waals surface area contributed by atoms with Crippen LogP contribution >= 0.6 is 0 Å². The molecule has 4 saturated carbocycles. The number of halogens is 1. The topological polar surface area (TPSA) is 46.3 Å². The lowest BCUT2D eigenvalue weighted by Gasteiger charge is -2.58. The number of quaternary nitrogens is 2. The molecule has 0 aromatic heterocycles. The molecule has 7 rings (SSSR count). The Morgan fingerprint density at radius 3 is 2.00 bits per heavy atom. The van der Waals surface area contributed by atoms with E-state index in [1.807, 2.05) is 0 Å². The van der Waals surface area contributed by atoms with Gasteiger partial charge in [-0.1, -0.05) is 0 Å². The Kier molecular flexibility index (Phi) is 4.33. The number of hydrogen-bond acceptors (Lipinski definition) is 2. The first kappa shape index (κ1) is 18.9. The second kappa shape index (κ2) is 6.86. The Bertz CT molecular complexity index is 826. The first-order valence-electron chi connectivity index (χ1n) is 11.8. The second-order valence-electron chi connectivity index (χ2n) is 10.8. The number of nitrogens with zero attached hydrogens (tertiary/aromatic N) is 1. The van der Waals surface area contributed by atoms with Crippen LogP contribution in [-0.2, 0) is 9.59 Å². The maximum Gasteiger partial charge on any atom is 0.292 e. The van der Waals surface area contributed by atoms with Gasteiger partial charge in [0.15, 0.2) is 6.04 Å². The van der Waals surface area contributed by atoms with Gasteiger partial charge in [-0.05, 0) is 61.3 Å². The zero-order valence-electron chi connectivity index (χ0n) is 17.5. The summed E-state index contributed by atoms with van der Waals surface area (Å²) in [6.07, 6.45) is 8.96. The van der Waals surface area contributed by atoms with Crippen LogP contribution in [0.5, 0.6) is 0 Å². The fraction of sp³-hybridized carbons (Fsp3) is 0.667. The number of anilines is 1. The molecule has 2 amide bonds. The number of amides is 2. The first-order valence-corrected chi connectivity index (χ1v) is 11.8. The third kappa shape index (κ3) is 2.94. The number of imide groups is 1. The number of piperazine rings is 1. The lowest BCUT2D eigenvalue weighted by atomic mass is 9.52. The highest BCUT2D eigenvalue weighted by Crippen LogP contribution is 2.54. The van der Waals surface area contributed by atoms with Gasteiger partial charge in [0.25, 0.3) is 5.91 Å². The molecule has 1 aromatic carbocycles. The number of rotatable bonds is 3. The summed E-state index contributed by atoms with van der Waals surface area (Å²) in [5.74, 6) is 2.27. The highest BCUT2D eigenvalue weighted by Gasteiger charge is 2.57. The van der Waals surface area contributed by atoms with Gasteiger partial charge in [0.2, 0.25) is 5.91 Å². The van der Waals surface area contributed by atoms with Crippen molar-refractivity contribution in [2.75, 3.05) is 31.1 Å². The summed E-state index contributed by atoms with van der Waals surface area (Å²) in [4.78, 5) is 30.0. The van der Waals surface area contributed by atoms with Crippen molar-refractivity contribution in [1.82, 2.24) is 0 Å². The predicted molar refractivity (Wildman–Crippen MR) is 110 cm³/mol. The predicted octanol–water partition coefficient (Wildman–Crippen LogP) is 0.210. The van der Waals surface area contributed by atoms with Crippen LogP contribution in [0.1, 0.15) is 44.9 Å². The molecule has 2 aliphatic heterocycles. The Balaban J connectivity index is 1.13. The van der Waals surface area contributed by atoms with Gasteiger partial charge in [0.1, 0.15) is 32.0 Å². The summed E-state index contributed by atoms with van der Waals surface area (Å²) >= 11 is 0. The van der Waals surface area contributed by atoms with Crippen LogP contribution in [-0.4, -0.2) is 49.6 Å². The van der Waals surface area contributed by atoms with E-state index in [1.54, 1.807) is 4.90 Å². The van der Waals surface area contributed by atoms with Crippen molar-refractivity contribution in [3.05, 3.63) is 30.1 Å². The lowest BCUT2D eigenvalue weighted by molar-refractivity contribution is -1.05. The van der Waals surface area contributed by atoms with Crippen molar-refractivity contribution >= 4 is 17.5 Å². The maximum atomic E-state index is 13.2. The second-order valence-corrected chi connectivity index (χ2v) is 10.8. The molecule has 6 aliphatic rings. The molecule has 4 aliphatic carbocycles. The molecule has 6 fully saturated rings. The average Bonchev–Trinajstić information content (AvgIpc) is 3.02. The Labute approximate surface area is 177 Å². The zero-order chi connectivity index (χ0) is 20.5. The first-order chi connectivity index (χ1) is 14.5. The molecule has 2 heterocycles. The van der Waals surface area contributed by atoms with E-state index >= 15 is 0 Å². The standard InChI is InChI=1S/C24H30FN3O2/c25-19-1-3-20(4-2-19)28-22(29)12-21(23(28)30)26-5-7-27(8-6-26)24-13-16-9-17(14-24)11-18(10-16)15-24/h1-4,16-18,21H,5-15H2/p+2/t16?,17?,18?,21-,24?/m1/s1. The van der Waals surface area contributed by atoms with Crippen LogP contribution < -0.4 is 14.7 Å². The lowest BCUT2D eigenvalue weighted by Crippen LogP contribution is -3.33. The summed E-state index contributed by atoms with van der Waals surface area (Å²) in [5, 5.41) is 0. The summed E-state index contributed by atoms with van der Waals surface area (Å²) in [6, 6.07) is 5.39. The van der Waals surface area contributed by atoms with E-state index in [0.29, 0.717) is 11.2 Å². The Hall–Kier alpha value is -1.79. The van der Waals surface area contributed by atoms with E-state index < -0.39 is 0 Å². The van der Waals surface area contributed by atoms with Gasteiger partial charge in [-0.3, -0.25) is 9.59 Å². The van der Waals surface area contributed by atoms with Crippen molar-refractivity contribution in [3.63, 3.8) is 0 Å². The van der Waals surface area contributed by atoms with Crippen molar-refractivity contribution < 1.29 is 23.8 Å². The van der Waals surface area contributed by atoms with E-state index in [9.17, 15) is 14.0 Å². The van der Waals surface area contributed by atoms with Crippen LogP contribution in [0, 0.1) is 23.6 Å². The van der Waals surface area contributed by atoms with Gasteiger partial charge < -0.3 is 9.80 Å². The molecule has 160 valence electrons. The van der Waals surface area contributed by atoms with Crippen LogP contribution in [0.25, 0.3) is 0 Å². The minimum absolute atomic E-state index is 0.111. The molecule has 2 saturated heterocycles. The number of carbonyl (C=O) groups excluding carboxylic acids is 2. The van der Waals surface area contributed by atoms with E-state index in [-0.39, 0.29) is 30.1 Å². The Morgan fingerprint density at radius 1 is 0.867 bits per heavy atom. The highest BCUT2D eigenvalue weighted by molar-refractivity contribution is 6.21. The smallest absolute Gasteiger partial charge is 0.292 e. The molecular weight excluding hydrogens is 381 g/mol. The fourth-order valence-electron chi connectivity index (χ4n) is 8.11. The van der Waals surface area contributed by atoms with Gasteiger partial charge in [0, 0.05) is 19.3 Å². The largest absolute Gasteiger partial charge is 0.321 e. The molecule has 30 heavy (non-hydrogen) atoms. The van der Waals surface area contributed by atoms with E-state index in [2.05, 4.69) is 0 Å². The molecule has 6 heteroatoms. The van der Waals surface area contributed by atoms with Gasteiger partial charge >= 0.3 is 0 Å². The number of carbonyl (C=O) groups is 2. The molecule has 0 spiro atoms. The molecule has 5 nitrogen and oxygen atoms in total.